The number of hydrogen-bond donors (Lipinski definition) is 0. The van der Waals surface area contributed by atoms with Crippen LogP contribution in [0.5, 0.6) is 11.6 Å². The van der Waals surface area contributed by atoms with Crippen molar-refractivity contribution in [1.82, 2.24) is 4.98 Å². The lowest BCUT2D eigenvalue weighted by molar-refractivity contribution is 0.464. The lowest BCUT2D eigenvalue weighted by Gasteiger charge is -2.08. The fourth-order valence-electron chi connectivity index (χ4n) is 2.28. The summed E-state index contributed by atoms with van der Waals surface area (Å²) in [7, 11) is 0. The third kappa shape index (κ3) is 2.50. The average molecular weight is 263 g/mol. The van der Waals surface area contributed by atoms with Crippen molar-refractivity contribution in [3.8, 4) is 11.6 Å². The van der Waals surface area contributed by atoms with Gasteiger partial charge in [0.25, 0.3) is 0 Å². The van der Waals surface area contributed by atoms with Crippen LogP contribution in [0.2, 0.25) is 0 Å². The minimum absolute atomic E-state index is 0.644. The first-order chi connectivity index (χ1) is 9.76. The van der Waals surface area contributed by atoms with Crippen molar-refractivity contribution < 1.29 is 4.74 Å². The molecule has 2 nitrogen and oxygen atoms in total. The predicted octanol–water partition coefficient (Wildman–Crippen LogP) is 4.90. The molecule has 0 fully saturated rings. The maximum Gasteiger partial charge on any atom is 0.220 e. The maximum atomic E-state index is 5.86. The van der Waals surface area contributed by atoms with E-state index >= 15 is 0 Å². The van der Waals surface area contributed by atoms with E-state index in [4.69, 9.17) is 4.74 Å². The van der Waals surface area contributed by atoms with Gasteiger partial charge >= 0.3 is 0 Å². The number of nitrogens with zero attached hydrogens (tertiary/aromatic N) is 1. The molecule has 100 valence electrons. The van der Waals surface area contributed by atoms with Gasteiger partial charge in [-0.2, -0.15) is 0 Å². The number of pyridine rings is 1. The van der Waals surface area contributed by atoms with Crippen LogP contribution in [0.25, 0.3) is 10.9 Å². The van der Waals surface area contributed by atoms with Gasteiger partial charge in [-0.1, -0.05) is 37.3 Å². The molecule has 1 aromatic heterocycles. The highest BCUT2D eigenvalue weighted by Crippen LogP contribution is 2.25. The van der Waals surface area contributed by atoms with Gasteiger partial charge in [-0.25, -0.2) is 4.98 Å². The van der Waals surface area contributed by atoms with E-state index in [1.807, 2.05) is 36.4 Å². The molecule has 2 aromatic carbocycles. The number of fused-ring (bicyclic) bond motifs is 1. The molecule has 0 aliphatic rings. The summed E-state index contributed by atoms with van der Waals surface area (Å²) in [4.78, 5) is 4.55. The van der Waals surface area contributed by atoms with Gasteiger partial charge < -0.3 is 4.74 Å². The zero-order valence-corrected chi connectivity index (χ0v) is 11.8. The molecule has 0 saturated carbocycles. The Morgan fingerprint density at radius 2 is 1.75 bits per heavy atom. The van der Waals surface area contributed by atoms with Crippen LogP contribution in [0, 0.1) is 6.92 Å². The molecule has 1 heterocycles. The summed E-state index contributed by atoms with van der Waals surface area (Å²) in [5, 5.41) is 1.17. The Labute approximate surface area is 119 Å². The Morgan fingerprint density at radius 1 is 1.00 bits per heavy atom. The first-order valence-corrected chi connectivity index (χ1v) is 6.89. The normalized spacial score (nSPS) is 10.7. The van der Waals surface area contributed by atoms with Gasteiger partial charge in [-0.05, 0) is 42.7 Å². The number of benzene rings is 2. The summed E-state index contributed by atoms with van der Waals surface area (Å²) in [6, 6.07) is 18.3. The summed E-state index contributed by atoms with van der Waals surface area (Å²) in [6.45, 7) is 4.22. The van der Waals surface area contributed by atoms with Crippen molar-refractivity contribution in [3.05, 3.63) is 65.7 Å². The number of ether oxygens (including phenoxy) is 1. The molecule has 0 radical (unpaired) electrons. The molecule has 0 amide bonds. The predicted molar refractivity (Wildman–Crippen MR) is 82.4 cm³/mol. The smallest absolute Gasteiger partial charge is 0.220 e. The fourth-order valence-corrected chi connectivity index (χ4v) is 2.28. The summed E-state index contributed by atoms with van der Waals surface area (Å²) in [6.07, 6.45) is 1.04. The highest BCUT2D eigenvalue weighted by atomic mass is 16.5. The number of aromatic nitrogens is 1. The lowest BCUT2D eigenvalue weighted by atomic mass is 10.1. The van der Waals surface area contributed by atoms with Crippen LogP contribution >= 0.6 is 0 Å². The van der Waals surface area contributed by atoms with Gasteiger partial charge in [0.05, 0.1) is 5.52 Å². The first kappa shape index (κ1) is 12.7. The Hall–Kier alpha value is -2.35. The van der Waals surface area contributed by atoms with E-state index in [0.29, 0.717) is 5.88 Å². The Bertz CT molecular complexity index is 732. The van der Waals surface area contributed by atoms with Gasteiger partial charge in [0.1, 0.15) is 5.75 Å². The van der Waals surface area contributed by atoms with Crippen LogP contribution < -0.4 is 4.74 Å². The monoisotopic (exact) mass is 263 g/mol. The molecule has 0 saturated heterocycles. The second-order valence-corrected chi connectivity index (χ2v) is 4.89. The Kier molecular flexibility index (Phi) is 3.38. The van der Waals surface area contributed by atoms with Crippen molar-refractivity contribution >= 4 is 10.9 Å². The quantitative estimate of drug-likeness (QED) is 0.670. The number of aryl methyl sites for hydroxylation is 2. The maximum absolute atomic E-state index is 5.86. The molecule has 3 aromatic rings. The molecule has 3 rings (SSSR count). The van der Waals surface area contributed by atoms with Crippen LogP contribution in [0.1, 0.15) is 18.1 Å². The van der Waals surface area contributed by atoms with Gasteiger partial charge in [-0.3, -0.25) is 0 Å². The van der Waals surface area contributed by atoms with E-state index in [2.05, 4.69) is 37.0 Å². The molecule has 0 aliphatic heterocycles. The molecular formula is C18H17NO. The van der Waals surface area contributed by atoms with Crippen molar-refractivity contribution in [1.29, 1.82) is 0 Å². The minimum Gasteiger partial charge on any atom is -0.439 e. The Morgan fingerprint density at radius 3 is 2.50 bits per heavy atom. The SMILES string of the molecule is CCc1ccc(Oc2cc(C)c3ccccc3n2)cc1. The zero-order chi connectivity index (χ0) is 13.9. The molecule has 0 bridgehead atoms. The molecule has 0 aliphatic carbocycles. The molecule has 2 heteroatoms. The molecular weight excluding hydrogens is 246 g/mol. The first-order valence-electron chi connectivity index (χ1n) is 6.89. The molecule has 0 spiro atoms. The van der Waals surface area contributed by atoms with Gasteiger partial charge in [0.2, 0.25) is 5.88 Å². The minimum atomic E-state index is 0.644. The third-order valence-electron chi connectivity index (χ3n) is 3.45. The van der Waals surface area contributed by atoms with Crippen LogP contribution in [-0.4, -0.2) is 4.98 Å². The third-order valence-corrected chi connectivity index (χ3v) is 3.45. The average Bonchev–Trinajstić information content (AvgIpc) is 2.48. The molecule has 0 atom stereocenters. The van der Waals surface area contributed by atoms with Gasteiger partial charge in [0.15, 0.2) is 0 Å². The van der Waals surface area contributed by atoms with Gasteiger partial charge in [0, 0.05) is 11.5 Å². The van der Waals surface area contributed by atoms with E-state index < -0.39 is 0 Å². The van der Waals surface area contributed by atoms with E-state index in [1.54, 1.807) is 0 Å². The van der Waals surface area contributed by atoms with E-state index in [0.717, 1.165) is 17.7 Å². The van der Waals surface area contributed by atoms with Crippen molar-refractivity contribution in [2.45, 2.75) is 20.3 Å². The number of rotatable bonds is 3. The van der Waals surface area contributed by atoms with Crippen LogP contribution in [-0.2, 0) is 6.42 Å². The van der Waals surface area contributed by atoms with Crippen molar-refractivity contribution in [2.24, 2.45) is 0 Å². The largest absolute Gasteiger partial charge is 0.439 e. The molecule has 20 heavy (non-hydrogen) atoms. The summed E-state index contributed by atoms with van der Waals surface area (Å²) < 4.78 is 5.86. The van der Waals surface area contributed by atoms with E-state index in [1.165, 1.54) is 16.5 Å². The zero-order valence-electron chi connectivity index (χ0n) is 11.8. The van der Waals surface area contributed by atoms with Crippen molar-refractivity contribution in [3.63, 3.8) is 0 Å². The lowest BCUT2D eigenvalue weighted by Crippen LogP contribution is -1.91. The molecule has 0 N–H and O–H groups in total. The highest BCUT2D eigenvalue weighted by Gasteiger charge is 2.04. The standard InChI is InChI=1S/C18H17NO/c1-3-14-8-10-15(11-9-14)20-18-12-13(2)16-6-4-5-7-17(16)19-18/h4-12H,3H2,1-2H3. The number of hydrogen-bond acceptors (Lipinski definition) is 2. The second-order valence-electron chi connectivity index (χ2n) is 4.89. The summed E-state index contributed by atoms with van der Waals surface area (Å²) in [5.74, 6) is 1.47. The van der Waals surface area contributed by atoms with E-state index in [9.17, 15) is 0 Å². The highest BCUT2D eigenvalue weighted by molar-refractivity contribution is 5.82. The summed E-state index contributed by atoms with van der Waals surface area (Å²) >= 11 is 0. The Balaban J connectivity index is 1.93. The van der Waals surface area contributed by atoms with Crippen LogP contribution in [0.4, 0.5) is 0 Å². The molecule has 0 unspecified atom stereocenters. The summed E-state index contributed by atoms with van der Waals surface area (Å²) in [5.41, 5.74) is 3.45. The topological polar surface area (TPSA) is 22.1 Å². The fraction of sp³-hybridized carbons (Fsp3) is 0.167. The van der Waals surface area contributed by atoms with E-state index in [-0.39, 0.29) is 0 Å². The van der Waals surface area contributed by atoms with Crippen LogP contribution in [0.15, 0.2) is 54.6 Å². The number of para-hydroxylation sites is 1. The second kappa shape index (κ2) is 5.33. The van der Waals surface area contributed by atoms with Crippen molar-refractivity contribution in [2.75, 3.05) is 0 Å². The van der Waals surface area contributed by atoms with Gasteiger partial charge in [-0.15, -0.1) is 0 Å². The van der Waals surface area contributed by atoms with Crippen LogP contribution in [0.3, 0.4) is 0 Å².